The summed E-state index contributed by atoms with van der Waals surface area (Å²) >= 11 is 3.47. The second kappa shape index (κ2) is 9.14. The molecule has 3 nitrogen and oxygen atoms in total. The summed E-state index contributed by atoms with van der Waals surface area (Å²) in [6.07, 6.45) is 3.39. The maximum absolute atomic E-state index is 12.0. The Balaban J connectivity index is 2.40. The molecule has 1 unspecified atom stereocenters. The summed E-state index contributed by atoms with van der Waals surface area (Å²) in [5, 5.41) is 6.31. The van der Waals surface area contributed by atoms with Gasteiger partial charge in [-0.15, -0.1) is 0 Å². The highest BCUT2D eigenvalue weighted by atomic mass is 79.9. The number of halogens is 1. The normalized spacial score (nSPS) is 13.8. The summed E-state index contributed by atoms with van der Waals surface area (Å²) in [6.45, 7) is 6.90. The monoisotopic (exact) mass is 340 g/mol. The number of rotatable bonds is 8. The standard InChI is InChI=1S/C16H25BrN2O/c1-4-5-6-10-18-16(20)13(3)19-12(2)14-8-7-9-15(17)11-14/h7-9,11-13,19H,4-6,10H2,1-3H3,(H,18,20)/t12-,13?/m0/s1. The fraction of sp³-hybridized carbons (Fsp3) is 0.562. The van der Waals surface area contributed by atoms with Gasteiger partial charge in [0.15, 0.2) is 0 Å². The Morgan fingerprint density at radius 2 is 2.05 bits per heavy atom. The van der Waals surface area contributed by atoms with E-state index in [9.17, 15) is 4.79 Å². The van der Waals surface area contributed by atoms with E-state index < -0.39 is 0 Å². The van der Waals surface area contributed by atoms with Crippen molar-refractivity contribution >= 4 is 21.8 Å². The molecule has 0 aliphatic carbocycles. The van der Waals surface area contributed by atoms with E-state index >= 15 is 0 Å². The van der Waals surface area contributed by atoms with Crippen LogP contribution >= 0.6 is 15.9 Å². The first-order valence-corrected chi connectivity index (χ1v) is 8.13. The van der Waals surface area contributed by atoms with Crippen LogP contribution in [-0.4, -0.2) is 18.5 Å². The molecule has 0 heterocycles. The summed E-state index contributed by atoms with van der Waals surface area (Å²) in [7, 11) is 0. The van der Waals surface area contributed by atoms with Crippen LogP contribution in [0.4, 0.5) is 0 Å². The van der Waals surface area contributed by atoms with Gasteiger partial charge in [0.25, 0.3) is 0 Å². The number of unbranched alkanes of at least 4 members (excludes halogenated alkanes) is 2. The van der Waals surface area contributed by atoms with E-state index in [0.717, 1.165) is 23.9 Å². The van der Waals surface area contributed by atoms with E-state index in [1.54, 1.807) is 0 Å². The summed E-state index contributed by atoms with van der Waals surface area (Å²) in [6, 6.07) is 8.10. The molecule has 0 saturated carbocycles. The first kappa shape index (κ1) is 17.2. The van der Waals surface area contributed by atoms with E-state index in [2.05, 4.69) is 52.5 Å². The Morgan fingerprint density at radius 1 is 1.30 bits per heavy atom. The highest BCUT2D eigenvalue weighted by Gasteiger charge is 2.15. The van der Waals surface area contributed by atoms with Gasteiger partial charge in [-0.05, 0) is 38.0 Å². The molecule has 1 rings (SSSR count). The van der Waals surface area contributed by atoms with Crippen LogP contribution < -0.4 is 10.6 Å². The molecule has 0 bridgehead atoms. The first-order valence-electron chi connectivity index (χ1n) is 7.33. The molecule has 2 N–H and O–H groups in total. The lowest BCUT2D eigenvalue weighted by Gasteiger charge is -2.20. The fourth-order valence-electron chi connectivity index (χ4n) is 2.06. The highest BCUT2D eigenvalue weighted by Crippen LogP contribution is 2.18. The average molecular weight is 341 g/mol. The fourth-order valence-corrected chi connectivity index (χ4v) is 2.48. The number of hydrogen-bond acceptors (Lipinski definition) is 2. The van der Waals surface area contributed by atoms with Gasteiger partial charge in [0.05, 0.1) is 6.04 Å². The van der Waals surface area contributed by atoms with Gasteiger partial charge >= 0.3 is 0 Å². The van der Waals surface area contributed by atoms with E-state index in [1.165, 1.54) is 12.0 Å². The number of amides is 1. The van der Waals surface area contributed by atoms with Crippen molar-refractivity contribution in [1.82, 2.24) is 10.6 Å². The second-order valence-electron chi connectivity index (χ2n) is 5.16. The molecular weight excluding hydrogens is 316 g/mol. The van der Waals surface area contributed by atoms with Crippen molar-refractivity contribution in [3.8, 4) is 0 Å². The molecule has 1 aromatic rings. The van der Waals surface area contributed by atoms with E-state index in [-0.39, 0.29) is 18.0 Å². The average Bonchev–Trinajstić information content (AvgIpc) is 2.43. The lowest BCUT2D eigenvalue weighted by atomic mass is 10.1. The molecule has 1 amide bonds. The predicted octanol–water partition coefficient (Wildman–Crippen LogP) is 3.79. The zero-order chi connectivity index (χ0) is 15.0. The third kappa shape index (κ3) is 6.06. The van der Waals surface area contributed by atoms with E-state index in [0.29, 0.717) is 0 Å². The molecule has 0 fully saturated rings. The van der Waals surface area contributed by atoms with Gasteiger partial charge in [-0.2, -0.15) is 0 Å². The van der Waals surface area contributed by atoms with Crippen LogP contribution in [0.5, 0.6) is 0 Å². The van der Waals surface area contributed by atoms with Crippen molar-refractivity contribution in [2.45, 2.75) is 52.1 Å². The Bertz CT molecular complexity index is 423. The largest absolute Gasteiger partial charge is 0.355 e. The topological polar surface area (TPSA) is 41.1 Å². The predicted molar refractivity (Wildman–Crippen MR) is 87.7 cm³/mol. The number of carbonyl (C=O) groups is 1. The minimum atomic E-state index is -0.189. The first-order chi connectivity index (χ1) is 9.54. The molecule has 0 spiro atoms. The minimum Gasteiger partial charge on any atom is -0.355 e. The molecule has 0 saturated heterocycles. The number of carbonyl (C=O) groups excluding carboxylic acids is 1. The zero-order valence-corrected chi connectivity index (χ0v) is 14.2. The number of hydrogen-bond donors (Lipinski definition) is 2. The van der Waals surface area contributed by atoms with Crippen molar-refractivity contribution in [2.24, 2.45) is 0 Å². The molecule has 0 aromatic heterocycles. The van der Waals surface area contributed by atoms with Crippen molar-refractivity contribution < 1.29 is 4.79 Å². The molecule has 0 aliphatic heterocycles. The van der Waals surface area contributed by atoms with Gasteiger partial charge in [0.1, 0.15) is 0 Å². The van der Waals surface area contributed by atoms with Crippen LogP contribution in [0.3, 0.4) is 0 Å². The molecule has 1 aromatic carbocycles. The SMILES string of the molecule is CCCCCNC(=O)C(C)N[C@@H](C)c1cccc(Br)c1. The minimum absolute atomic E-state index is 0.0722. The molecule has 20 heavy (non-hydrogen) atoms. The molecule has 2 atom stereocenters. The maximum Gasteiger partial charge on any atom is 0.236 e. The quantitative estimate of drug-likeness (QED) is 0.706. The highest BCUT2D eigenvalue weighted by molar-refractivity contribution is 9.10. The third-order valence-electron chi connectivity index (χ3n) is 3.32. The van der Waals surface area contributed by atoms with Gasteiger partial charge in [-0.1, -0.05) is 47.8 Å². The van der Waals surface area contributed by atoms with Crippen molar-refractivity contribution in [3.05, 3.63) is 34.3 Å². The smallest absolute Gasteiger partial charge is 0.236 e. The molecule has 0 radical (unpaired) electrons. The number of benzene rings is 1. The summed E-state index contributed by atoms with van der Waals surface area (Å²) in [4.78, 5) is 12.0. The van der Waals surface area contributed by atoms with Crippen LogP contribution in [0.15, 0.2) is 28.7 Å². The molecule has 0 aliphatic rings. The Morgan fingerprint density at radius 3 is 2.70 bits per heavy atom. The van der Waals surface area contributed by atoms with Crippen LogP contribution in [0.25, 0.3) is 0 Å². The van der Waals surface area contributed by atoms with E-state index in [1.807, 2.05) is 19.1 Å². The molecule has 112 valence electrons. The van der Waals surface area contributed by atoms with Crippen molar-refractivity contribution in [2.75, 3.05) is 6.54 Å². The Labute approximate surface area is 130 Å². The van der Waals surface area contributed by atoms with Crippen molar-refractivity contribution in [1.29, 1.82) is 0 Å². The summed E-state index contributed by atoms with van der Waals surface area (Å²) < 4.78 is 1.06. The van der Waals surface area contributed by atoms with Crippen molar-refractivity contribution in [3.63, 3.8) is 0 Å². The third-order valence-corrected chi connectivity index (χ3v) is 3.81. The lowest BCUT2D eigenvalue weighted by Crippen LogP contribution is -2.43. The molecular formula is C16H25BrN2O. The van der Waals surface area contributed by atoms with Gasteiger partial charge in [0.2, 0.25) is 5.91 Å². The van der Waals surface area contributed by atoms with Crippen LogP contribution in [0.1, 0.15) is 51.6 Å². The summed E-state index contributed by atoms with van der Waals surface area (Å²) in [5.74, 6) is 0.0722. The Hall–Kier alpha value is -0.870. The van der Waals surface area contributed by atoms with Gasteiger partial charge in [0, 0.05) is 17.1 Å². The zero-order valence-electron chi connectivity index (χ0n) is 12.6. The van der Waals surface area contributed by atoms with Gasteiger partial charge in [-0.3, -0.25) is 10.1 Å². The van der Waals surface area contributed by atoms with E-state index in [4.69, 9.17) is 0 Å². The maximum atomic E-state index is 12.0. The second-order valence-corrected chi connectivity index (χ2v) is 6.08. The number of nitrogens with one attached hydrogen (secondary N) is 2. The molecule has 4 heteroatoms. The summed E-state index contributed by atoms with van der Waals surface area (Å²) in [5.41, 5.74) is 1.17. The lowest BCUT2D eigenvalue weighted by molar-refractivity contribution is -0.122. The van der Waals surface area contributed by atoms with Gasteiger partial charge < -0.3 is 5.32 Å². The van der Waals surface area contributed by atoms with Crippen LogP contribution in [0, 0.1) is 0 Å². The van der Waals surface area contributed by atoms with Crippen LogP contribution in [0.2, 0.25) is 0 Å². The Kier molecular flexibility index (Phi) is 7.85. The van der Waals surface area contributed by atoms with Gasteiger partial charge in [-0.25, -0.2) is 0 Å². The van der Waals surface area contributed by atoms with Crippen LogP contribution in [-0.2, 0) is 4.79 Å².